The zero-order valence-corrected chi connectivity index (χ0v) is 15.1. The lowest BCUT2D eigenvalue weighted by molar-refractivity contribution is 0.104. The topological polar surface area (TPSA) is 29.5 Å². The van der Waals surface area contributed by atoms with Gasteiger partial charge in [-0.15, -0.1) is 0 Å². The number of nitrogens with zero attached hydrogens (tertiary/aromatic N) is 1. The van der Waals surface area contributed by atoms with Crippen LogP contribution < -0.4 is 4.74 Å². The lowest BCUT2D eigenvalue weighted by Gasteiger charge is -2.12. The summed E-state index contributed by atoms with van der Waals surface area (Å²) in [4.78, 5) is 14.5. The first-order valence-electron chi connectivity index (χ1n) is 7.51. The molecule has 2 rings (SSSR count). The minimum Gasteiger partial charge on any atom is -0.491 e. The summed E-state index contributed by atoms with van der Waals surface area (Å²) in [6.45, 7) is 1.29. The summed E-state index contributed by atoms with van der Waals surface area (Å²) in [6, 6.07) is 12.4. The van der Waals surface area contributed by atoms with Crippen LogP contribution in [0.1, 0.15) is 15.9 Å². The van der Waals surface area contributed by atoms with E-state index in [0.29, 0.717) is 28.0 Å². The predicted molar refractivity (Wildman–Crippen MR) is 100 cm³/mol. The molecule has 0 aromatic heterocycles. The van der Waals surface area contributed by atoms with Gasteiger partial charge in [-0.05, 0) is 56.1 Å². The third-order valence-electron chi connectivity index (χ3n) is 3.33. The molecule has 0 saturated carbocycles. The van der Waals surface area contributed by atoms with E-state index in [1.165, 1.54) is 6.08 Å². The minimum absolute atomic E-state index is 0.138. The van der Waals surface area contributed by atoms with E-state index in [2.05, 4.69) is 0 Å². The van der Waals surface area contributed by atoms with Crippen molar-refractivity contribution in [2.45, 2.75) is 0 Å². The average Bonchev–Trinajstić information content (AvgIpc) is 2.54. The maximum Gasteiger partial charge on any atom is 0.189 e. The third-order valence-corrected chi connectivity index (χ3v) is 3.89. The van der Waals surface area contributed by atoms with Crippen molar-refractivity contribution in [3.8, 4) is 5.75 Å². The summed E-state index contributed by atoms with van der Waals surface area (Å²) in [5.41, 5.74) is 1.26. The van der Waals surface area contributed by atoms with Crippen LogP contribution in [0, 0.1) is 0 Å². The number of hydrogen-bond donors (Lipinski definition) is 0. The molecule has 5 heteroatoms. The Kier molecular flexibility index (Phi) is 6.85. The molecular weight excluding hydrogens is 345 g/mol. The molecule has 126 valence electrons. The van der Waals surface area contributed by atoms with Gasteiger partial charge >= 0.3 is 0 Å². The first kappa shape index (κ1) is 18.5. The van der Waals surface area contributed by atoms with Gasteiger partial charge in [0, 0.05) is 16.6 Å². The number of benzene rings is 2. The minimum atomic E-state index is -0.138. The molecule has 0 N–H and O–H groups in total. The van der Waals surface area contributed by atoms with E-state index in [-0.39, 0.29) is 5.78 Å². The monoisotopic (exact) mass is 363 g/mol. The standard InChI is InChI=1S/C19H19Cl2NO2/c1-22(2)11-12-24-19-6-4-3-5-16(19)18(23)10-8-14-7-9-15(20)13-17(14)21/h3-10,13H,11-12H2,1-2H3. The molecular formula is C19H19Cl2NO2. The molecule has 0 radical (unpaired) electrons. The lowest BCUT2D eigenvalue weighted by Crippen LogP contribution is -2.20. The van der Waals surface area contributed by atoms with Gasteiger partial charge in [0.1, 0.15) is 12.4 Å². The summed E-state index contributed by atoms with van der Waals surface area (Å²) in [5.74, 6) is 0.442. The van der Waals surface area contributed by atoms with Crippen LogP contribution >= 0.6 is 23.2 Å². The van der Waals surface area contributed by atoms with Crippen LogP contribution in [0.15, 0.2) is 48.5 Å². The van der Waals surface area contributed by atoms with E-state index in [0.717, 1.165) is 12.1 Å². The number of hydrogen-bond acceptors (Lipinski definition) is 3. The van der Waals surface area contributed by atoms with Crippen LogP contribution in [0.5, 0.6) is 5.75 Å². The average molecular weight is 364 g/mol. The first-order chi connectivity index (χ1) is 11.5. The predicted octanol–water partition coefficient (Wildman–Crippen LogP) is 4.83. The Morgan fingerprint density at radius 3 is 2.62 bits per heavy atom. The van der Waals surface area contributed by atoms with Gasteiger partial charge in [0.05, 0.1) is 5.56 Å². The van der Waals surface area contributed by atoms with Crippen LogP contribution in [0.2, 0.25) is 10.0 Å². The van der Waals surface area contributed by atoms with E-state index in [9.17, 15) is 4.79 Å². The van der Waals surface area contributed by atoms with Crippen molar-refractivity contribution in [3.63, 3.8) is 0 Å². The zero-order valence-electron chi connectivity index (χ0n) is 13.6. The van der Waals surface area contributed by atoms with E-state index >= 15 is 0 Å². The number of para-hydroxylation sites is 1. The first-order valence-corrected chi connectivity index (χ1v) is 8.27. The summed E-state index contributed by atoms with van der Waals surface area (Å²) < 4.78 is 5.72. The molecule has 0 amide bonds. The van der Waals surface area contributed by atoms with E-state index in [1.807, 2.05) is 31.1 Å². The van der Waals surface area contributed by atoms with Crippen molar-refractivity contribution in [2.75, 3.05) is 27.2 Å². The van der Waals surface area contributed by atoms with E-state index in [4.69, 9.17) is 27.9 Å². The molecule has 24 heavy (non-hydrogen) atoms. The molecule has 2 aromatic carbocycles. The molecule has 2 aromatic rings. The SMILES string of the molecule is CN(C)CCOc1ccccc1C(=O)C=Cc1ccc(Cl)cc1Cl. The van der Waals surface area contributed by atoms with Crippen molar-refractivity contribution in [2.24, 2.45) is 0 Å². The second-order valence-corrected chi connectivity index (χ2v) is 6.35. The summed E-state index contributed by atoms with van der Waals surface area (Å²) >= 11 is 12.0. The Balaban J connectivity index is 2.13. The summed E-state index contributed by atoms with van der Waals surface area (Å²) in [6.07, 6.45) is 3.17. The highest BCUT2D eigenvalue weighted by atomic mass is 35.5. The molecule has 0 spiro atoms. The lowest BCUT2D eigenvalue weighted by atomic mass is 10.1. The highest BCUT2D eigenvalue weighted by Crippen LogP contribution is 2.23. The number of carbonyl (C=O) groups is 1. The fraction of sp³-hybridized carbons (Fsp3) is 0.211. The maximum absolute atomic E-state index is 12.5. The molecule has 0 saturated heterocycles. The summed E-state index contributed by atoms with van der Waals surface area (Å²) in [7, 11) is 3.94. The van der Waals surface area contributed by atoms with Crippen molar-refractivity contribution >= 4 is 35.1 Å². The molecule has 0 aliphatic heterocycles. The van der Waals surface area contributed by atoms with Crippen molar-refractivity contribution in [1.82, 2.24) is 4.90 Å². The Hall–Kier alpha value is -1.81. The van der Waals surface area contributed by atoms with Crippen LogP contribution in [0.3, 0.4) is 0 Å². The van der Waals surface area contributed by atoms with Gasteiger partial charge in [0.15, 0.2) is 5.78 Å². The van der Waals surface area contributed by atoms with Crippen LogP contribution in [0.4, 0.5) is 0 Å². The van der Waals surface area contributed by atoms with Gasteiger partial charge < -0.3 is 9.64 Å². The molecule has 0 bridgehead atoms. The van der Waals surface area contributed by atoms with Gasteiger partial charge in [-0.1, -0.05) is 41.4 Å². The zero-order chi connectivity index (χ0) is 17.5. The number of ether oxygens (including phenoxy) is 1. The fourth-order valence-electron chi connectivity index (χ4n) is 2.03. The largest absolute Gasteiger partial charge is 0.491 e. The van der Waals surface area contributed by atoms with Gasteiger partial charge in [-0.2, -0.15) is 0 Å². The third kappa shape index (κ3) is 5.38. The Bertz CT molecular complexity index is 742. The van der Waals surface area contributed by atoms with Gasteiger partial charge in [0.25, 0.3) is 0 Å². The highest BCUT2D eigenvalue weighted by Gasteiger charge is 2.10. The second kappa shape index (κ2) is 8.88. The molecule has 0 aliphatic carbocycles. The van der Waals surface area contributed by atoms with Gasteiger partial charge in [0.2, 0.25) is 0 Å². The number of carbonyl (C=O) groups excluding carboxylic acids is 1. The number of ketones is 1. The van der Waals surface area contributed by atoms with Crippen LogP contribution in [-0.2, 0) is 0 Å². The number of rotatable bonds is 7. The van der Waals surface area contributed by atoms with Crippen molar-refractivity contribution in [3.05, 3.63) is 69.7 Å². The maximum atomic E-state index is 12.5. The van der Waals surface area contributed by atoms with E-state index < -0.39 is 0 Å². The van der Waals surface area contributed by atoms with Crippen LogP contribution in [-0.4, -0.2) is 37.9 Å². The van der Waals surface area contributed by atoms with Crippen molar-refractivity contribution in [1.29, 1.82) is 0 Å². The Labute approximate surface area is 152 Å². The summed E-state index contributed by atoms with van der Waals surface area (Å²) in [5, 5.41) is 1.06. The Morgan fingerprint density at radius 2 is 1.92 bits per heavy atom. The fourth-order valence-corrected chi connectivity index (χ4v) is 2.50. The molecule has 3 nitrogen and oxygen atoms in total. The molecule has 0 atom stereocenters. The normalized spacial score (nSPS) is 11.2. The Morgan fingerprint density at radius 1 is 1.17 bits per heavy atom. The number of allylic oxidation sites excluding steroid dienone is 1. The van der Waals surface area contributed by atoms with Gasteiger partial charge in [-0.25, -0.2) is 0 Å². The molecule has 0 heterocycles. The molecule has 0 fully saturated rings. The molecule has 0 aliphatic rings. The van der Waals surface area contributed by atoms with Gasteiger partial charge in [-0.3, -0.25) is 4.79 Å². The number of likely N-dealkylation sites (N-methyl/N-ethyl adjacent to an activating group) is 1. The highest BCUT2D eigenvalue weighted by molar-refractivity contribution is 6.35. The second-order valence-electron chi connectivity index (χ2n) is 5.51. The van der Waals surface area contributed by atoms with Crippen molar-refractivity contribution < 1.29 is 9.53 Å². The molecule has 0 unspecified atom stereocenters. The smallest absolute Gasteiger partial charge is 0.189 e. The number of halogens is 2. The quantitative estimate of drug-likeness (QED) is 0.521. The van der Waals surface area contributed by atoms with E-state index in [1.54, 1.807) is 36.4 Å². The van der Waals surface area contributed by atoms with Crippen LogP contribution in [0.25, 0.3) is 6.08 Å².